The van der Waals surface area contributed by atoms with Gasteiger partial charge in [-0.25, -0.2) is 17.2 Å². The molecule has 11 fully saturated rings. The molecule has 1 saturated carbocycles. The van der Waals surface area contributed by atoms with E-state index < -0.39 is 21.7 Å². The molecule has 10 heterocycles. The van der Waals surface area contributed by atoms with E-state index >= 15 is 0 Å². The van der Waals surface area contributed by atoms with Gasteiger partial charge in [-0.15, -0.1) is 0 Å². The summed E-state index contributed by atoms with van der Waals surface area (Å²) in [7, 11) is 2.33. The van der Waals surface area contributed by atoms with Crippen molar-refractivity contribution in [3.8, 4) is 0 Å². The van der Waals surface area contributed by atoms with E-state index in [1.165, 1.54) is 125 Å². The zero-order chi connectivity index (χ0) is 85.3. The van der Waals surface area contributed by atoms with Crippen LogP contribution in [0.5, 0.6) is 0 Å². The van der Waals surface area contributed by atoms with Crippen molar-refractivity contribution in [2.45, 2.75) is 96.7 Å². The van der Waals surface area contributed by atoms with Crippen LogP contribution < -0.4 is 83.8 Å². The Morgan fingerprint density at radius 1 is 0.534 bits per heavy atom. The maximum atomic E-state index is 13.3. The maximum absolute atomic E-state index is 13.3. The number of nitro groups is 1. The number of amides is 3. The zero-order valence-corrected chi connectivity index (χ0v) is 74.0. The first-order valence-electron chi connectivity index (χ1n) is 42.9. The third-order valence-corrected chi connectivity index (χ3v) is 23.5. The minimum Gasteiger partial charge on any atom is -0.369 e. The molecule has 10 saturated heterocycles. The smallest absolute Gasteiger partial charge is 0.269 e. The van der Waals surface area contributed by atoms with Crippen LogP contribution in [0, 0.1) is 27.7 Å². The molecule has 15 rings (SSSR count). The predicted molar refractivity (Wildman–Crippen MR) is 478 cm³/mol. The number of benzene rings is 4. The lowest BCUT2D eigenvalue weighted by molar-refractivity contribution is -0.384. The van der Waals surface area contributed by atoms with Gasteiger partial charge in [-0.2, -0.15) is 4.31 Å². The SMILES string of the molecule is Brc1ccc(N2CCNCC2)cc1.C1CCC(N2CCNCC2)CC1.CC(=O)c1ccc(N2CCNCC2)cc1.CC(C)CN1CCNCC1.CN(C)C(=O)C1CCCN1.CNC(=O)CN1CCNCC1.CS(=O)(=O)N1CCNCC1.Fc1ccc(N2CCNCC2)c(F)c1.NC(=O)C1CCCN1.O=[N+]([O-])c1ccc(N2CCNCC2)cc1. The Kier molecular flexibility index (Phi) is 48.8. The van der Waals surface area contributed by atoms with Crippen molar-refractivity contribution < 1.29 is 41.3 Å². The summed E-state index contributed by atoms with van der Waals surface area (Å²) in [6.07, 6.45) is 12.7. The van der Waals surface area contributed by atoms with Gasteiger partial charge in [0.25, 0.3) is 5.69 Å². The van der Waals surface area contributed by atoms with Gasteiger partial charge in [0, 0.05) is 288 Å². The first kappa shape index (κ1) is 100. The van der Waals surface area contributed by atoms with E-state index in [9.17, 15) is 46.5 Å². The number of halogens is 3. The number of nitrogens with zero attached hydrogens (tertiary/aromatic N) is 10. The van der Waals surface area contributed by atoms with E-state index in [0.29, 0.717) is 25.3 Å². The first-order valence-corrected chi connectivity index (χ1v) is 45.6. The first-order chi connectivity index (χ1) is 56.9. The molecule has 118 heavy (non-hydrogen) atoms. The van der Waals surface area contributed by atoms with E-state index in [1.807, 2.05) is 41.3 Å². The number of non-ortho nitro benzene ring substituents is 1. The average Bonchev–Trinajstić information content (AvgIpc) is 1.08. The number of sulfonamides is 1. The largest absolute Gasteiger partial charge is 0.369 e. The summed E-state index contributed by atoms with van der Waals surface area (Å²) in [6.45, 7) is 42.0. The second-order valence-corrected chi connectivity index (χ2v) is 34.4. The fourth-order valence-electron chi connectivity index (χ4n) is 14.9. The molecule has 10 aliphatic heterocycles. The van der Waals surface area contributed by atoms with Crippen LogP contribution in [0.4, 0.5) is 37.2 Å². The number of anilines is 4. The van der Waals surface area contributed by atoms with Crippen molar-refractivity contribution in [3.63, 3.8) is 0 Å². The highest BCUT2D eigenvalue weighted by atomic mass is 79.9. The molecule has 3 amide bonds. The van der Waals surface area contributed by atoms with Crippen molar-refractivity contribution in [2.24, 2.45) is 11.7 Å². The number of hydrogen-bond acceptors (Lipinski definition) is 25. The fourth-order valence-corrected chi connectivity index (χ4v) is 16.0. The second kappa shape index (κ2) is 57.6. The Balaban J connectivity index is 0.000000205. The van der Waals surface area contributed by atoms with Gasteiger partial charge in [0.2, 0.25) is 27.7 Å². The van der Waals surface area contributed by atoms with Gasteiger partial charge < -0.3 is 93.6 Å². The Morgan fingerprint density at radius 2 is 0.932 bits per heavy atom. The third-order valence-electron chi connectivity index (χ3n) is 21.7. The van der Waals surface area contributed by atoms with Crippen LogP contribution in [0.15, 0.2) is 95.5 Å². The summed E-state index contributed by atoms with van der Waals surface area (Å²) in [6, 6.07) is 27.8. The number of carbonyl (C=O) groups is 4. The monoisotopic (exact) mass is 1740 g/mol. The van der Waals surface area contributed by atoms with Crippen molar-refractivity contribution in [1.29, 1.82) is 0 Å². The Labute approximate surface area is 711 Å². The lowest BCUT2D eigenvalue weighted by atomic mass is 9.94. The van der Waals surface area contributed by atoms with Gasteiger partial charge in [-0.1, -0.05) is 49.0 Å². The molecule has 0 bridgehead atoms. The van der Waals surface area contributed by atoms with Gasteiger partial charge in [0.05, 0.1) is 35.5 Å². The van der Waals surface area contributed by atoms with Crippen LogP contribution in [-0.2, 0) is 24.4 Å². The summed E-state index contributed by atoms with van der Waals surface area (Å²) in [5, 5.41) is 45.4. The van der Waals surface area contributed by atoms with Crippen molar-refractivity contribution in [3.05, 3.63) is 123 Å². The Hall–Kier alpha value is -6.71. The molecule has 30 nitrogen and oxygen atoms in total. The van der Waals surface area contributed by atoms with Crippen molar-refractivity contribution in [2.75, 3.05) is 283 Å². The fraction of sp³-hybridized carbons (Fsp3) is 0.667. The molecule has 2 atom stereocenters. The highest BCUT2D eigenvalue weighted by molar-refractivity contribution is 9.10. The molecule has 0 aromatic heterocycles. The number of hydrogen-bond donors (Lipinski definition) is 12. The van der Waals surface area contributed by atoms with Gasteiger partial charge in [-0.05, 0) is 137 Å². The molecule has 2 unspecified atom stereocenters. The Bertz CT molecular complexity index is 3440. The van der Waals surface area contributed by atoms with E-state index in [1.54, 1.807) is 45.1 Å². The third kappa shape index (κ3) is 40.3. The van der Waals surface area contributed by atoms with Gasteiger partial charge in [-0.3, -0.25) is 39.1 Å². The average molecular weight is 1740 g/mol. The minimum atomic E-state index is -2.93. The molecule has 13 N–H and O–H groups in total. The number of Topliss-reactive ketones (excluding diaryl/α,β-unsaturated/α-hetero) is 1. The number of likely N-dealkylation sites (N-methyl/N-ethyl adjacent to an activating group) is 2. The number of nitro benzene ring substituents is 1. The predicted octanol–water partition coefficient (Wildman–Crippen LogP) is 3.85. The lowest BCUT2D eigenvalue weighted by Gasteiger charge is -2.36. The number of primary amides is 1. The van der Waals surface area contributed by atoms with Crippen LogP contribution in [0.25, 0.3) is 0 Å². The molecular weight excluding hydrogens is 1600 g/mol. The van der Waals surface area contributed by atoms with Gasteiger partial charge in [0.15, 0.2) is 5.78 Å². The maximum Gasteiger partial charge on any atom is 0.269 e. The minimum absolute atomic E-state index is 0.0463. The number of ketones is 1. The summed E-state index contributed by atoms with van der Waals surface area (Å²) in [4.78, 5) is 71.6. The number of rotatable bonds is 14. The van der Waals surface area contributed by atoms with E-state index in [4.69, 9.17) is 5.73 Å². The van der Waals surface area contributed by atoms with Gasteiger partial charge in [0.1, 0.15) is 11.6 Å². The molecule has 664 valence electrons. The van der Waals surface area contributed by atoms with E-state index in [0.717, 1.165) is 217 Å². The summed E-state index contributed by atoms with van der Waals surface area (Å²) in [5.74, 6) is 0.0279. The number of nitrogens with one attached hydrogen (secondary N) is 11. The molecule has 1 aliphatic carbocycles. The molecule has 0 spiro atoms. The highest BCUT2D eigenvalue weighted by Crippen LogP contribution is 2.25. The topological polar surface area (TPSA) is 333 Å². The second-order valence-electron chi connectivity index (χ2n) is 31.5. The molecule has 4 aromatic rings. The summed E-state index contributed by atoms with van der Waals surface area (Å²) in [5.41, 5.74) is 10.0. The van der Waals surface area contributed by atoms with E-state index in [-0.39, 0.29) is 46.2 Å². The number of nitrogens with two attached hydrogens (primary N) is 1. The van der Waals surface area contributed by atoms with E-state index in [2.05, 4.69) is 142 Å². The molecule has 0 radical (unpaired) electrons. The van der Waals surface area contributed by atoms with Crippen molar-refractivity contribution in [1.82, 2.24) is 82.4 Å². The van der Waals surface area contributed by atoms with Crippen LogP contribution >= 0.6 is 15.9 Å². The highest BCUT2D eigenvalue weighted by Gasteiger charge is 2.26. The van der Waals surface area contributed by atoms with Gasteiger partial charge >= 0.3 is 0 Å². The number of piperazine rings is 8. The summed E-state index contributed by atoms with van der Waals surface area (Å²) >= 11 is 3.44. The van der Waals surface area contributed by atoms with Crippen molar-refractivity contribution >= 4 is 77.9 Å². The lowest BCUT2D eigenvalue weighted by Crippen LogP contribution is -2.48. The quantitative estimate of drug-likeness (QED) is 0.0485. The standard InChI is InChI=1S/C12H16N2O.C10H13BrN2.C10H12F2N2.C10H13N3O2.C10H20N2.C8H18N2.C7H15N3O.C7H14N2O.C5H12N2O2S.C5H10N2O/c1-10(15)11-2-4-12(5-3-11)14-8-6-13-7-9-14;11-9-1-3-10(4-2-9)13-7-5-12-6-8-13;11-8-1-2-10(9(12)7-8)14-5-3-13-4-6-14;14-13(15)10-3-1-9(2-4-10)12-7-5-11-6-8-12;1-2-4-10(5-3-1)12-8-6-11-7-9-12;1-8(2)7-10-5-3-9-4-6-10;1-8-7(11)6-10-4-2-9-3-5-10;1-9(2)7(10)6-4-3-5-8-6;1-10(8,9)7-4-2-6-3-5-7;6-5(8)4-2-1-3-7-4/h2-5,13H,6-9H2,1H3;1-4,12H,5-8H2;1-2,7,13H,3-6H2;1-4,11H,5-8H2;10-11H,1-9H2;8-9H,3-7H2,1-2H3;9H,2-6H2,1H3,(H,8,11);6,8H,3-5H2,1-2H3;6H,2-5H2,1H3;4,7H,1-3H2,(H2,6,8). The zero-order valence-electron chi connectivity index (χ0n) is 71.6. The van der Waals surface area contributed by atoms with Crippen LogP contribution in [0.2, 0.25) is 0 Å². The number of carbonyl (C=O) groups excluding carboxylic acids is 4. The summed E-state index contributed by atoms with van der Waals surface area (Å²) < 4.78 is 50.4. The molecular formula is C84H143BrF2N22O8S. The van der Waals surface area contributed by atoms with Crippen LogP contribution in [0.3, 0.4) is 0 Å². The molecule has 34 heteroatoms. The van der Waals surface area contributed by atoms with Crippen LogP contribution in [-0.4, -0.2) is 342 Å². The molecule has 11 aliphatic rings. The van der Waals surface area contributed by atoms with Crippen LogP contribution in [0.1, 0.15) is 88.9 Å². The normalized spacial score (nSPS) is 20.7. The molecule has 4 aromatic carbocycles. The Morgan fingerprint density at radius 3 is 1.30 bits per heavy atom.